The van der Waals surface area contributed by atoms with E-state index < -0.39 is 36.2 Å². The fraction of sp³-hybridized carbons (Fsp3) is 0.556. The summed E-state index contributed by atoms with van der Waals surface area (Å²) in [5, 5.41) is 0. The third kappa shape index (κ3) is 4.77. The molecule has 28 heavy (non-hydrogen) atoms. The molecule has 1 aliphatic heterocycles. The average Bonchev–Trinajstić information content (AvgIpc) is 3.40. The predicted molar refractivity (Wildman–Crippen MR) is 86.1 cm³/mol. The van der Waals surface area contributed by atoms with Gasteiger partial charge in [0.05, 0.1) is 5.56 Å². The number of hydrogen-bond acceptors (Lipinski definition) is 2. The number of nitrogens with zero attached hydrogens (tertiary/aromatic N) is 2. The lowest BCUT2D eigenvalue weighted by atomic mass is 10.0. The van der Waals surface area contributed by atoms with Gasteiger partial charge >= 0.3 is 12.4 Å². The van der Waals surface area contributed by atoms with Crippen LogP contribution in [0, 0.1) is 5.92 Å². The number of alkyl halides is 6. The van der Waals surface area contributed by atoms with Crippen LogP contribution in [0.1, 0.15) is 29.9 Å². The smallest absolute Gasteiger partial charge is 0.339 e. The van der Waals surface area contributed by atoms with Crippen LogP contribution < -0.4 is 0 Å². The van der Waals surface area contributed by atoms with Gasteiger partial charge < -0.3 is 9.80 Å². The Labute approximate surface area is 157 Å². The van der Waals surface area contributed by atoms with E-state index in [1.165, 1.54) is 11.0 Å². The Kier molecular flexibility index (Phi) is 5.33. The van der Waals surface area contributed by atoms with E-state index in [9.17, 15) is 35.9 Å². The molecule has 2 aliphatic rings. The molecule has 2 fully saturated rings. The molecule has 2 atom stereocenters. The minimum absolute atomic E-state index is 0.0155. The molecule has 2 amide bonds. The van der Waals surface area contributed by atoms with E-state index in [-0.39, 0.29) is 38.0 Å². The van der Waals surface area contributed by atoms with Crippen molar-refractivity contribution >= 4 is 11.8 Å². The monoisotopic (exact) mass is 408 g/mol. The number of rotatable bonds is 3. The van der Waals surface area contributed by atoms with Gasteiger partial charge in [-0.25, -0.2) is 0 Å². The number of amides is 2. The lowest BCUT2D eigenvalue weighted by Crippen LogP contribution is -2.51. The lowest BCUT2D eigenvalue weighted by molar-refractivity contribution is -0.163. The maximum absolute atomic E-state index is 12.8. The van der Waals surface area contributed by atoms with Crippen LogP contribution in [0.5, 0.6) is 0 Å². The highest BCUT2D eigenvalue weighted by Crippen LogP contribution is 2.49. The molecule has 1 saturated carbocycles. The number of halogens is 6. The van der Waals surface area contributed by atoms with E-state index in [0.29, 0.717) is 12.0 Å². The zero-order valence-electron chi connectivity index (χ0n) is 14.7. The highest BCUT2D eigenvalue weighted by molar-refractivity contribution is 5.83. The third-order valence-electron chi connectivity index (χ3n) is 5.05. The molecule has 1 aliphatic carbocycles. The standard InChI is InChI=1S/C18H18F6N2O2/c19-17(20,21)10-15(27)25-4-6-26(7-5-25)16(28)14-9-13(14)11-2-1-3-12(8-11)18(22,23)24/h1-3,8,13-14H,4-7,9-10H2. The Hall–Kier alpha value is -2.26. The lowest BCUT2D eigenvalue weighted by Gasteiger charge is -2.35. The van der Waals surface area contributed by atoms with Gasteiger partial charge in [-0.2, -0.15) is 26.3 Å². The maximum atomic E-state index is 12.8. The van der Waals surface area contributed by atoms with Crippen LogP contribution in [0.25, 0.3) is 0 Å². The summed E-state index contributed by atoms with van der Waals surface area (Å²) in [4.78, 5) is 26.7. The Morgan fingerprint density at radius 1 is 0.964 bits per heavy atom. The fourth-order valence-corrected chi connectivity index (χ4v) is 3.48. The Bertz CT molecular complexity index is 753. The summed E-state index contributed by atoms with van der Waals surface area (Å²) in [6.07, 6.45) is -10.1. The van der Waals surface area contributed by atoms with Crippen LogP contribution in [0.2, 0.25) is 0 Å². The van der Waals surface area contributed by atoms with Crippen molar-refractivity contribution in [1.82, 2.24) is 9.80 Å². The Morgan fingerprint density at radius 2 is 1.57 bits per heavy atom. The zero-order valence-corrected chi connectivity index (χ0v) is 14.7. The van der Waals surface area contributed by atoms with E-state index >= 15 is 0 Å². The quantitative estimate of drug-likeness (QED) is 0.720. The second kappa shape index (κ2) is 7.29. The van der Waals surface area contributed by atoms with Crippen LogP contribution in [0.3, 0.4) is 0 Å². The first-order chi connectivity index (χ1) is 13.0. The van der Waals surface area contributed by atoms with Gasteiger partial charge in [0.15, 0.2) is 0 Å². The highest BCUT2D eigenvalue weighted by atomic mass is 19.4. The van der Waals surface area contributed by atoms with Crippen molar-refractivity contribution in [3.8, 4) is 0 Å². The van der Waals surface area contributed by atoms with Crippen LogP contribution >= 0.6 is 0 Å². The molecule has 1 saturated heterocycles. The first-order valence-corrected chi connectivity index (χ1v) is 8.76. The van der Waals surface area contributed by atoms with E-state index in [4.69, 9.17) is 0 Å². The molecule has 154 valence electrons. The molecular weight excluding hydrogens is 390 g/mol. The molecule has 0 bridgehead atoms. The second-order valence-electron chi connectivity index (χ2n) is 7.07. The van der Waals surface area contributed by atoms with Crippen molar-refractivity contribution in [2.75, 3.05) is 26.2 Å². The molecule has 1 heterocycles. The van der Waals surface area contributed by atoms with Crippen molar-refractivity contribution in [1.29, 1.82) is 0 Å². The number of hydrogen-bond donors (Lipinski definition) is 0. The van der Waals surface area contributed by atoms with Crippen molar-refractivity contribution < 1.29 is 35.9 Å². The summed E-state index contributed by atoms with van der Waals surface area (Å²) in [6, 6.07) is 4.88. The summed E-state index contributed by atoms with van der Waals surface area (Å²) < 4.78 is 75.4. The topological polar surface area (TPSA) is 40.6 Å². The van der Waals surface area contributed by atoms with Gasteiger partial charge in [0.2, 0.25) is 11.8 Å². The summed E-state index contributed by atoms with van der Waals surface area (Å²) in [6.45, 7) is 0.270. The maximum Gasteiger partial charge on any atom is 0.416 e. The zero-order chi connectivity index (χ0) is 20.7. The Morgan fingerprint density at radius 3 is 2.14 bits per heavy atom. The molecule has 0 radical (unpaired) electrons. The summed E-state index contributed by atoms with van der Waals surface area (Å²) in [5.74, 6) is -1.97. The molecule has 0 aromatic heterocycles. The van der Waals surface area contributed by atoms with E-state index in [1.807, 2.05) is 0 Å². The molecule has 3 rings (SSSR count). The fourth-order valence-electron chi connectivity index (χ4n) is 3.48. The molecule has 2 unspecified atom stereocenters. The summed E-state index contributed by atoms with van der Waals surface area (Å²) in [5.41, 5.74) is -0.313. The van der Waals surface area contributed by atoms with Crippen molar-refractivity contribution in [3.63, 3.8) is 0 Å². The van der Waals surface area contributed by atoms with E-state index in [0.717, 1.165) is 17.0 Å². The van der Waals surface area contributed by atoms with Crippen LogP contribution in [0.15, 0.2) is 24.3 Å². The largest absolute Gasteiger partial charge is 0.416 e. The minimum atomic E-state index is -4.57. The van der Waals surface area contributed by atoms with Gasteiger partial charge in [-0.1, -0.05) is 18.2 Å². The number of benzene rings is 1. The summed E-state index contributed by atoms with van der Waals surface area (Å²) >= 11 is 0. The number of carbonyl (C=O) groups is 2. The normalized spacial score (nSPS) is 22.9. The average molecular weight is 408 g/mol. The molecule has 0 spiro atoms. The van der Waals surface area contributed by atoms with Gasteiger partial charge in [-0.15, -0.1) is 0 Å². The van der Waals surface area contributed by atoms with Crippen LogP contribution in [-0.4, -0.2) is 54.0 Å². The van der Waals surface area contributed by atoms with Crippen molar-refractivity contribution in [2.24, 2.45) is 5.92 Å². The van der Waals surface area contributed by atoms with E-state index in [2.05, 4.69) is 0 Å². The molecule has 1 aromatic rings. The molecule has 0 N–H and O–H groups in total. The predicted octanol–water partition coefficient (Wildman–Crippen LogP) is 3.43. The van der Waals surface area contributed by atoms with Gasteiger partial charge in [0.25, 0.3) is 0 Å². The number of piperazine rings is 1. The minimum Gasteiger partial charge on any atom is -0.339 e. The van der Waals surface area contributed by atoms with Gasteiger partial charge in [0, 0.05) is 32.1 Å². The Balaban J connectivity index is 1.54. The van der Waals surface area contributed by atoms with Crippen LogP contribution in [0.4, 0.5) is 26.3 Å². The first-order valence-electron chi connectivity index (χ1n) is 8.76. The molecule has 10 heteroatoms. The first kappa shape index (κ1) is 20.5. The molecule has 4 nitrogen and oxygen atoms in total. The molecule has 1 aromatic carbocycles. The van der Waals surface area contributed by atoms with Crippen molar-refractivity contribution in [3.05, 3.63) is 35.4 Å². The van der Waals surface area contributed by atoms with Gasteiger partial charge in [0.1, 0.15) is 6.42 Å². The van der Waals surface area contributed by atoms with Crippen molar-refractivity contribution in [2.45, 2.75) is 31.1 Å². The molecular formula is C18H18F6N2O2. The highest BCUT2D eigenvalue weighted by Gasteiger charge is 2.47. The second-order valence-corrected chi connectivity index (χ2v) is 7.07. The summed E-state index contributed by atoms with van der Waals surface area (Å²) in [7, 11) is 0. The van der Waals surface area contributed by atoms with Gasteiger partial charge in [-0.05, 0) is 24.0 Å². The van der Waals surface area contributed by atoms with Gasteiger partial charge in [-0.3, -0.25) is 9.59 Å². The van der Waals surface area contributed by atoms with E-state index in [1.54, 1.807) is 6.07 Å². The van der Waals surface area contributed by atoms with Crippen LogP contribution in [-0.2, 0) is 15.8 Å². The third-order valence-corrected chi connectivity index (χ3v) is 5.05. The SMILES string of the molecule is O=C(CC(F)(F)F)N1CCN(C(=O)C2CC2c2cccc(C(F)(F)F)c2)CC1. The number of carbonyl (C=O) groups excluding carboxylic acids is 2.